The molecule has 0 amide bonds. The van der Waals surface area contributed by atoms with Crippen molar-refractivity contribution < 1.29 is 9.90 Å². The maximum absolute atomic E-state index is 11.0. The number of hydrogen-bond acceptors (Lipinski definition) is 3. The monoisotopic (exact) mass is 305 g/mol. The summed E-state index contributed by atoms with van der Waals surface area (Å²) in [5.41, 5.74) is 0. The molecule has 2 aromatic carbocycles. The van der Waals surface area contributed by atoms with E-state index in [-0.39, 0.29) is 4.88 Å². The van der Waals surface area contributed by atoms with Gasteiger partial charge in [0.05, 0.1) is 10.8 Å². The zero-order valence-electron chi connectivity index (χ0n) is 8.57. The predicted molar refractivity (Wildman–Crippen MR) is 71.4 cm³/mol. The molecule has 84 valence electrons. The fourth-order valence-electron chi connectivity index (χ4n) is 1.93. The first kappa shape index (κ1) is 10.7. The van der Waals surface area contributed by atoms with Gasteiger partial charge in [-0.1, -0.05) is 36.4 Å². The van der Waals surface area contributed by atoms with Gasteiger partial charge >= 0.3 is 0 Å². The molecule has 0 radical (unpaired) electrons. The van der Waals surface area contributed by atoms with Gasteiger partial charge in [0.1, 0.15) is 0 Å². The van der Waals surface area contributed by atoms with Crippen LogP contribution < -0.4 is 5.11 Å². The summed E-state index contributed by atoms with van der Waals surface area (Å²) >= 11 is 4.58. The highest BCUT2D eigenvalue weighted by atomic mass is 79.9. The molecule has 0 unspecified atom stereocenters. The standard InChI is InChI=1S/C13H7BrO2S/c14-10-9-6-5-7-3-1-2-4-8(7)11(9)17-12(10)13(15)16/h1-6H,(H,15,16)/p-1. The maximum atomic E-state index is 11.0. The Labute approximate surface area is 110 Å². The Kier molecular flexibility index (Phi) is 2.42. The van der Waals surface area contributed by atoms with Crippen LogP contribution in [-0.2, 0) is 0 Å². The maximum Gasteiger partial charge on any atom is 0.0827 e. The summed E-state index contributed by atoms with van der Waals surface area (Å²) in [6.07, 6.45) is 0. The SMILES string of the molecule is O=C([O-])c1sc2c(ccc3ccccc32)c1Br. The highest BCUT2D eigenvalue weighted by Crippen LogP contribution is 2.39. The molecule has 1 aromatic heterocycles. The third-order valence-electron chi connectivity index (χ3n) is 2.70. The van der Waals surface area contributed by atoms with Crippen molar-refractivity contribution in [3.05, 3.63) is 45.7 Å². The quantitative estimate of drug-likeness (QED) is 0.693. The summed E-state index contributed by atoms with van der Waals surface area (Å²) in [5, 5.41) is 14.1. The first-order valence-electron chi connectivity index (χ1n) is 4.99. The van der Waals surface area contributed by atoms with Gasteiger partial charge in [-0.3, -0.25) is 0 Å². The van der Waals surface area contributed by atoms with Gasteiger partial charge in [0.2, 0.25) is 0 Å². The van der Waals surface area contributed by atoms with Gasteiger partial charge < -0.3 is 9.90 Å². The van der Waals surface area contributed by atoms with Crippen molar-refractivity contribution in [1.29, 1.82) is 0 Å². The van der Waals surface area contributed by atoms with E-state index in [0.29, 0.717) is 4.47 Å². The van der Waals surface area contributed by atoms with Gasteiger partial charge in [0.25, 0.3) is 0 Å². The molecule has 0 N–H and O–H groups in total. The first-order chi connectivity index (χ1) is 8.18. The van der Waals surface area contributed by atoms with Crippen LogP contribution in [0.1, 0.15) is 9.67 Å². The zero-order chi connectivity index (χ0) is 12.0. The molecule has 0 atom stereocenters. The normalized spacial score (nSPS) is 11.1. The van der Waals surface area contributed by atoms with Crippen LogP contribution in [0.25, 0.3) is 20.9 Å². The minimum absolute atomic E-state index is 0.247. The van der Waals surface area contributed by atoms with Crippen LogP contribution in [0.4, 0.5) is 0 Å². The molecule has 1 heterocycles. The lowest BCUT2D eigenvalue weighted by atomic mass is 10.1. The lowest BCUT2D eigenvalue weighted by molar-refractivity contribution is -0.254. The van der Waals surface area contributed by atoms with Crippen LogP contribution in [0.15, 0.2) is 40.9 Å². The van der Waals surface area contributed by atoms with Gasteiger partial charge in [-0.2, -0.15) is 0 Å². The number of benzene rings is 2. The van der Waals surface area contributed by atoms with Crippen LogP contribution >= 0.6 is 27.3 Å². The number of carbonyl (C=O) groups excluding carboxylic acids is 1. The van der Waals surface area contributed by atoms with Crippen LogP contribution in [0, 0.1) is 0 Å². The number of thiophene rings is 1. The Morgan fingerprint density at radius 1 is 1.12 bits per heavy atom. The van der Waals surface area contributed by atoms with Crippen molar-refractivity contribution in [3.63, 3.8) is 0 Å². The van der Waals surface area contributed by atoms with E-state index in [4.69, 9.17) is 0 Å². The molecule has 3 aromatic rings. The molecule has 0 fully saturated rings. The largest absolute Gasteiger partial charge is 0.544 e. The van der Waals surface area contributed by atoms with Crippen LogP contribution in [-0.4, -0.2) is 5.97 Å². The average molecular weight is 306 g/mol. The second-order valence-electron chi connectivity index (χ2n) is 3.70. The van der Waals surface area contributed by atoms with E-state index < -0.39 is 5.97 Å². The fraction of sp³-hybridized carbons (Fsp3) is 0. The summed E-state index contributed by atoms with van der Waals surface area (Å²) in [6.45, 7) is 0. The highest BCUT2D eigenvalue weighted by molar-refractivity contribution is 9.10. The van der Waals surface area contributed by atoms with Crippen molar-refractivity contribution in [1.82, 2.24) is 0 Å². The van der Waals surface area contributed by atoms with Gasteiger partial charge in [0.15, 0.2) is 0 Å². The molecule has 0 aliphatic heterocycles. The average Bonchev–Trinajstić information content (AvgIpc) is 2.67. The number of carboxylic acids is 1. The highest BCUT2D eigenvalue weighted by Gasteiger charge is 2.12. The van der Waals surface area contributed by atoms with Crippen molar-refractivity contribution in [2.45, 2.75) is 0 Å². The van der Waals surface area contributed by atoms with Gasteiger partial charge in [-0.05, 0) is 26.7 Å². The predicted octanol–water partition coefficient (Wildman–Crippen LogP) is 3.18. The van der Waals surface area contributed by atoms with Gasteiger partial charge in [0, 0.05) is 14.6 Å². The summed E-state index contributed by atoms with van der Waals surface area (Å²) < 4.78 is 1.59. The Morgan fingerprint density at radius 3 is 2.65 bits per heavy atom. The smallest absolute Gasteiger partial charge is 0.0827 e. The second-order valence-corrected chi connectivity index (χ2v) is 5.51. The molecule has 3 rings (SSSR count). The Balaban J connectivity index is 2.51. The summed E-state index contributed by atoms with van der Waals surface area (Å²) in [4.78, 5) is 11.2. The molecule has 2 nitrogen and oxygen atoms in total. The number of hydrogen-bond donors (Lipinski definition) is 0. The summed E-state index contributed by atoms with van der Waals surface area (Å²) in [6, 6.07) is 11.9. The summed E-state index contributed by atoms with van der Waals surface area (Å²) in [5.74, 6) is -1.14. The van der Waals surface area contributed by atoms with E-state index in [1.54, 1.807) is 0 Å². The van der Waals surface area contributed by atoms with Gasteiger partial charge in [-0.25, -0.2) is 0 Å². The van der Waals surface area contributed by atoms with Crippen molar-refractivity contribution >= 4 is 54.1 Å². The van der Waals surface area contributed by atoms with E-state index in [9.17, 15) is 9.90 Å². The molecular weight excluding hydrogens is 300 g/mol. The molecule has 0 saturated heterocycles. The molecular formula is C13H6BrO2S-. The van der Waals surface area contributed by atoms with E-state index >= 15 is 0 Å². The van der Waals surface area contributed by atoms with Gasteiger partial charge in [-0.15, -0.1) is 11.3 Å². The number of rotatable bonds is 1. The Hall–Kier alpha value is -1.39. The molecule has 0 spiro atoms. The van der Waals surface area contributed by atoms with Crippen molar-refractivity contribution in [3.8, 4) is 0 Å². The Bertz CT molecular complexity index is 746. The van der Waals surface area contributed by atoms with Crippen LogP contribution in [0.3, 0.4) is 0 Å². The van der Waals surface area contributed by atoms with Crippen molar-refractivity contribution in [2.75, 3.05) is 0 Å². The molecule has 0 aliphatic rings. The van der Waals surface area contributed by atoms with E-state index in [0.717, 1.165) is 20.9 Å². The van der Waals surface area contributed by atoms with E-state index in [2.05, 4.69) is 15.9 Å². The molecule has 0 aliphatic carbocycles. The third-order valence-corrected chi connectivity index (χ3v) is 5.01. The molecule has 17 heavy (non-hydrogen) atoms. The Morgan fingerprint density at radius 2 is 1.88 bits per heavy atom. The lowest BCUT2D eigenvalue weighted by Crippen LogP contribution is -2.21. The van der Waals surface area contributed by atoms with Crippen molar-refractivity contribution in [2.24, 2.45) is 0 Å². The number of fused-ring (bicyclic) bond motifs is 3. The second kappa shape index (κ2) is 3.82. The molecule has 0 saturated carbocycles. The third kappa shape index (κ3) is 1.56. The molecule has 4 heteroatoms. The van der Waals surface area contributed by atoms with E-state index in [1.807, 2.05) is 36.4 Å². The van der Waals surface area contributed by atoms with Crippen LogP contribution in [0.2, 0.25) is 0 Å². The topological polar surface area (TPSA) is 40.1 Å². The van der Waals surface area contributed by atoms with E-state index in [1.165, 1.54) is 11.3 Å². The number of carbonyl (C=O) groups is 1. The van der Waals surface area contributed by atoms with Crippen LogP contribution in [0.5, 0.6) is 0 Å². The number of carboxylic acid groups (broad SMARTS) is 1. The minimum Gasteiger partial charge on any atom is -0.544 e. The molecule has 0 bridgehead atoms. The number of halogens is 1. The minimum atomic E-state index is -1.14. The number of aromatic carboxylic acids is 1. The fourth-order valence-corrected chi connectivity index (χ4v) is 3.86. The zero-order valence-corrected chi connectivity index (χ0v) is 11.0. The first-order valence-corrected chi connectivity index (χ1v) is 6.60. The lowest BCUT2D eigenvalue weighted by Gasteiger charge is -1.98. The summed E-state index contributed by atoms with van der Waals surface area (Å²) in [7, 11) is 0.